The van der Waals surface area contributed by atoms with E-state index in [4.69, 9.17) is 0 Å². The van der Waals surface area contributed by atoms with Crippen LogP contribution in [-0.2, 0) is 6.54 Å². The summed E-state index contributed by atoms with van der Waals surface area (Å²) in [6, 6.07) is 24.0. The van der Waals surface area contributed by atoms with Crippen molar-refractivity contribution in [1.29, 1.82) is 0 Å². The first-order valence-electron chi connectivity index (χ1n) is 15.1. The Kier molecular flexibility index (Phi) is 9.57. The normalized spacial score (nSPS) is 16.4. The van der Waals surface area contributed by atoms with E-state index >= 15 is 0 Å². The first-order valence-corrected chi connectivity index (χ1v) is 15.1. The lowest BCUT2D eigenvalue weighted by atomic mass is 9.95. The maximum Gasteiger partial charge on any atom is 0.323 e. The van der Waals surface area contributed by atoms with Crippen LogP contribution in [0.25, 0.3) is 0 Å². The summed E-state index contributed by atoms with van der Waals surface area (Å²) in [4.78, 5) is 31.2. The van der Waals surface area contributed by atoms with E-state index < -0.39 is 0 Å². The zero-order valence-corrected chi connectivity index (χ0v) is 24.4. The molecule has 7 heteroatoms. The van der Waals surface area contributed by atoms with Gasteiger partial charge in [0.05, 0.1) is 5.56 Å². The van der Waals surface area contributed by atoms with Crippen molar-refractivity contribution in [1.82, 2.24) is 10.2 Å². The van der Waals surface area contributed by atoms with E-state index in [1.54, 1.807) is 0 Å². The van der Waals surface area contributed by atoms with Crippen molar-refractivity contribution in [2.24, 2.45) is 0 Å². The van der Waals surface area contributed by atoms with Gasteiger partial charge in [-0.1, -0.05) is 75.6 Å². The Morgan fingerprint density at radius 1 is 0.805 bits per heavy atom. The molecule has 3 aromatic rings. The number of urea groups is 1. The molecule has 5 rings (SSSR count). The van der Waals surface area contributed by atoms with Gasteiger partial charge in [-0.25, -0.2) is 4.79 Å². The number of benzene rings is 3. The maximum atomic E-state index is 13.6. The summed E-state index contributed by atoms with van der Waals surface area (Å²) < 4.78 is 0. The fraction of sp³-hybridized carbons (Fsp3) is 0.412. The molecule has 41 heavy (non-hydrogen) atoms. The summed E-state index contributed by atoms with van der Waals surface area (Å²) in [5.41, 5.74) is 5.41. The van der Waals surface area contributed by atoms with Gasteiger partial charge in [-0.3, -0.25) is 9.69 Å². The third kappa shape index (κ3) is 7.88. The van der Waals surface area contributed by atoms with E-state index in [1.807, 2.05) is 48.5 Å². The van der Waals surface area contributed by atoms with Crippen molar-refractivity contribution >= 4 is 29.0 Å². The summed E-state index contributed by atoms with van der Waals surface area (Å²) in [6.07, 6.45) is 5.59. The lowest BCUT2D eigenvalue weighted by Crippen LogP contribution is -2.46. The second kappa shape index (κ2) is 13.7. The standard InChI is InChI=1S/C34H43N5O2/c1-25(2)27-13-15-29(16-14-27)36-34(41)37-30-17-18-32(31(23-30)33(40)35-28-11-7-4-8-12-28)39-21-19-38(20-22-39)24-26-9-5-3-6-10-26/h3,5-6,9-10,13-18,23,25,28H,4,7-8,11-12,19-22,24H2,1-2H3,(H,35,40)(H2,36,37,41). The highest BCUT2D eigenvalue weighted by Crippen LogP contribution is 2.28. The highest BCUT2D eigenvalue weighted by molar-refractivity contribution is 6.04. The number of piperazine rings is 1. The molecule has 3 N–H and O–H groups in total. The van der Waals surface area contributed by atoms with Crippen molar-refractivity contribution in [2.75, 3.05) is 41.7 Å². The first-order chi connectivity index (χ1) is 19.9. The molecule has 0 bridgehead atoms. The minimum Gasteiger partial charge on any atom is -0.368 e. The SMILES string of the molecule is CC(C)c1ccc(NC(=O)Nc2ccc(N3CCN(Cc4ccccc4)CC3)c(C(=O)NC3CCCCC3)c2)cc1. The molecule has 0 spiro atoms. The minimum absolute atomic E-state index is 0.0630. The summed E-state index contributed by atoms with van der Waals surface area (Å²) in [5, 5.41) is 9.13. The third-order valence-corrected chi connectivity index (χ3v) is 8.24. The van der Waals surface area contributed by atoms with Crippen molar-refractivity contribution < 1.29 is 9.59 Å². The molecule has 7 nitrogen and oxygen atoms in total. The molecule has 1 heterocycles. The summed E-state index contributed by atoms with van der Waals surface area (Å²) >= 11 is 0. The number of hydrogen-bond donors (Lipinski definition) is 3. The molecule has 1 saturated heterocycles. The van der Waals surface area contributed by atoms with Crippen molar-refractivity contribution in [3.05, 3.63) is 89.5 Å². The summed E-state index contributed by atoms with van der Waals surface area (Å²) in [5.74, 6) is 0.369. The topological polar surface area (TPSA) is 76.7 Å². The Labute approximate surface area is 244 Å². The Morgan fingerprint density at radius 3 is 2.15 bits per heavy atom. The molecule has 2 aliphatic rings. The summed E-state index contributed by atoms with van der Waals surface area (Å²) in [6.45, 7) is 8.76. The van der Waals surface area contributed by atoms with E-state index in [9.17, 15) is 9.59 Å². The molecule has 1 saturated carbocycles. The Balaban J connectivity index is 1.28. The Hall–Kier alpha value is -3.84. The van der Waals surface area contributed by atoms with Gasteiger partial charge in [0.15, 0.2) is 0 Å². The van der Waals surface area contributed by atoms with Crippen LogP contribution in [0.3, 0.4) is 0 Å². The largest absolute Gasteiger partial charge is 0.368 e. The van der Waals surface area contributed by atoms with E-state index in [2.05, 4.69) is 63.9 Å². The molecule has 0 atom stereocenters. The lowest BCUT2D eigenvalue weighted by Gasteiger charge is -2.37. The fourth-order valence-corrected chi connectivity index (χ4v) is 5.81. The fourth-order valence-electron chi connectivity index (χ4n) is 5.81. The monoisotopic (exact) mass is 553 g/mol. The second-order valence-electron chi connectivity index (χ2n) is 11.6. The van der Waals surface area contributed by atoms with Crippen LogP contribution in [-0.4, -0.2) is 49.1 Å². The van der Waals surface area contributed by atoms with Gasteiger partial charge in [0.25, 0.3) is 5.91 Å². The smallest absolute Gasteiger partial charge is 0.323 e. The van der Waals surface area contributed by atoms with Gasteiger partial charge in [-0.15, -0.1) is 0 Å². The number of carbonyl (C=O) groups excluding carboxylic acids is 2. The Morgan fingerprint density at radius 2 is 1.46 bits per heavy atom. The second-order valence-corrected chi connectivity index (χ2v) is 11.6. The number of amides is 3. The molecule has 0 radical (unpaired) electrons. The molecule has 1 aliphatic carbocycles. The number of nitrogens with one attached hydrogen (secondary N) is 3. The highest BCUT2D eigenvalue weighted by atomic mass is 16.2. The first kappa shape index (κ1) is 28.7. The van der Waals surface area contributed by atoms with E-state index in [0.29, 0.717) is 17.2 Å². The predicted molar refractivity (Wildman–Crippen MR) is 168 cm³/mol. The molecule has 0 aromatic heterocycles. The maximum absolute atomic E-state index is 13.6. The van der Waals surface area contributed by atoms with Gasteiger partial charge in [0.1, 0.15) is 0 Å². The van der Waals surface area contributed by atoms with Gasteiger partial charge in [-0.05, 0) is 60.2 Å². The van der Waals surface area contributed by atoms with Crippen molar-refractivity contribution in [3.63, 3.8) is 0 Å². The molecule has 2 fully saturated rings. The van der Waals surface area contributed by atoms with Crippen LogP contribution >= 0.6 is 0 Å². The van der Waals surface area contributed by atoms with E-state index in [-0.39, 0.29) is 18.0 Å². The molecule has 0 unspecified atom stereocenters. The Bertz CT molecular complexity index is 1290. The zero-order chi connectivity index (χ0) is 28.6. The van der Waals surface area contributed by atoms with Gasteiger partial charge in [0.2, 0.25) is 0 Å². The molecule has 3 amide bonds. The van der Waals surface area contributed by atoms with Crippen LogP contribution in [0.2, 0.25) is 0 Å². The lowest BCUT2D eigenvalue weighted by molar-refractivity contribution is 0.0928. The quantitative estimate of drug-likeness (QED) is 0.286. The predicted octanol–water partition coefficient (Wildman–Crippen LogP) is 6.84. The van der Waals surface area contributed by atoms with Gasteiger partial charge < -0.3 is 20.9 Å². The van der Waals surface area contributed by atoms with E-state index in [0.717, 1.165) is 69.8 Å². The van der Waals surface area contributed by atoms with E-state index in [1.165, 1.54) is 17.5 Å². The number of anilines is 3. The molecule has 216 valence electrons. The van der Waals surface area contributed by atoms with Crippen LogP contribution in [0, 0.1) is 0 Å². The van der Waals surface area contributed by atoms with Crippen LogP contribution < -0.4 is 20.9 Å². The molecular weight excluding hydrogens is 510 g/mol. The molecule has 3 aromatic carbocycles. The van der Waals surface area contributed by atoms with Crippen molar-refractivity contribution in [2.45, 2.75) is 64.5 Å². The number of carbonyl (C=O) groups is 2. The average molecular weight is 554 g/mol. The molecule has 1 aliphatic heterocycles. The third-order valence-electron chi connectivity index (χ3n) is 8.24. The number of rotatable bonds is 8. The van der Waals surface area contributed by atoms with Crippen LogP contribution in [0.5, 0.6) is 0 Å². The van der Waals surface area contributed by atoms with Crippen LogP contribution in [0.15, 0.2) is 72.8 Å². The average Bonchev–Trinajstić information content (AvgIpc) is 2.99. The summed E-state index contributed by atoms with van der Waals surface area (Å²) in [7, 11) is 0. The van der Waals surface area contributed by atoms with Crippen LogP contribution in [0.1, 0.15) is 73.4 Å². The van der Waals surface area contributed by atoms with Gasteiger partial charge >= 0.3 is 6.03 Å². The highest BCUT2D eigenvalue weighted by Gasteiger charge is 2.24. The zero-order valence-electron chi connectivity index (χ0n) is 24.4. The minimum atomic E-state index is -0.330. The number of hydrogen-bond acceptors (Lipinski definition) is 4. The van der Waals surface area contributed by atoms with Crippen LogP contribution in [0.4, 0.5) is 21.9 Å². The van der Waals surface area contributed by atoms with Gasteiger partial charge in [-0.2, -0.15) is 0 Å². The van der Waals surface area contributed by atoms with Gasteiger partial charge in [0, 0.05) is 55.8 Å². The van der Waals surface area contributed by atoms with Crippen molar-refractivity contribution in [3.8, 4) is 0 Å². The number of nitrogens with zero attached hydrogens (tertiary/aromatic N) is 2. The molecular formula is C34H43N5O2.